The van der Waals surface area contributed by atoms with Crippen molar-refractivity contribution in [1.82, 2.24) is 5.32 Å². The van der Waals surface area contributed by atoms with Gasteiger partial charge in [0.15, 0.2) is 0 Å². The van der Waals surface area contributed by atoms with Crippen LogP contribution < -0.4 is 15.1 Å². The van der Waals surface area contributed by atoms with Gasteiger partial charge in [-0.2, -0.15) is 0 Å². The molecular formula is C22H23N3O4S. The largest absolute Gasteiger partial charge is 0.442 e. The number of hydrogen-bond acceptors (Lipinski definition) is 5. The second-order valence-corrected chi connectivity index (χ2v) is 8.57. The number of hydrogen-bond donors (Lipinski definition) is 1. The summed E-state index contributed by atoms with van der Waals surface area (Å²) in [6, 6.07) is 14.6. The Morgan fingerprint density at radius 1 is 1.20 bits per heavy atom. The minimum Gasteiger partial charge on any atom is -0.442 e. The normalized spacial score (nSPS) is 20.7. The van der Waals surface area contributed by atoms with Crippen LogP contribution in [0.15, 0.2) is 53.4 Å². The molecule has 0 saturated carbocycles. The number of ether oxygens (including phenoxy) is 1. The Kier molecular flexibility index (Phi) is 5.67. The maximum absolute atomic E-state index is 12.4. The van der Waals surface area contributed by atoms with Crippen LogP contribution in [0.4, 0.5) is 16.2 Å². The molecule has 8 heteroatoms. The van der Waals surface area contributed by atoms with E-state index in [-0.39, 0.29) is 23.6 Å². The van der Waals surface area contributed by atoms with E-state index >= 15 is 0 Å². The molecule has 0 radical (unpaired) electrons. The third-order valence-corrected chi connectivity index (χ3v) is 6.32. The van der Waals surface area contributed by atoms with Gasteiger partial charge < -0.3 is 15.0 Å². The SMILES string of the molecule is CCN1C(=O)C(C)Sc2cc(N3CC(CNC(=O)c4ccccc4)OC3=O)ccc21. The molecule has 1 saturated heterocycles. The molecule has 0 aliphatic carbocycles. The lowest BCUT2D eigenvalue weighted by Gasteiger charge is -2.32. The lowest BCUT2D eigenvalue weighted by Crippen LogP contribution is -2.39. The lowest BCUT2D eigenvalue weighted by atomic mass is 10.2. The van der Waals surface area contributed by atoms with Crippen molar-refractivity contribution >= 4 is 41.0 Å². The zero-order valence-corrected chi connectivity index (χ0v) is 17.6. The van der Waals surface area contributed by atoms with Crippen LogP contribution in [0.5, 0.6) is 0 Å². The van der Waals surface area contributed by atoms with E-state index in [0.717, 1.165) is 16.3 Å². The van der Waals surface area contributed by atoms with Crippen molar-refractivity contribution in [2.24, 2.45) is 0 Å². The number of fused-ring (bicyclic) bond motifs is 1. The number of amides is 3. The second kappa shape index (κ2) is 8.39. The number of carbonyl (C=O) groups excluding carboxylic acids is 3. The number of anilines is 2. The minimum atomic E-state index is -0.439. The highest BCUT2D eigenvalue weighted by Gasteiger charge is 2.35. The summed E-state index contributed by atoms with van der Waals surface area (Å²) in [5.41, 5.74) is 2.16. The molecular weight excluding hydrogens is 402 g/mol. The van der Waals surface area contributed by atoms with Gasteiger partial charge in [-0.05, 0) is 44.2 Å². The topological polar surface area (TPSA) is 79.0 Å². The maximum atomic E-state index is 12.4. The number of nitrogens with one attached hydrogen (secondary N) is 1. The molecule has 2 aliphatic rings. The van der Waals surface area contributed by atoms with Gasteiger partial charge in [0.05, 0.1) is 24.0 Å². The molecule has 30 heavy (non-hydrogen) atoms. The highest BCUT2D eigenvalue weighted by molar-refractivity contribution is 8.01. The Balaban J connectivity index is 1.44. The number of benzene rings is 2. The molecule has 2 aromatic rings. The zero-order chi connectivity index (χ0) is 21.3. The van der Waals surface area contributed by atoms with Crippen LogP contribution in [0.1, 0.15) is 24.2 Å². The molecule has 2 atom stereocenters. The van der Waals surface area contributed by atoms with Crippen molar-refractivity contribution in [2.45, 2.75) is 30.1 Å². The fourth-order valence-corrected chi connectivity index (χ4v) is 4.73. The third-order valence-electron chi connectivity index (χ3n) is 5.18. The van der Waals surface area contributed by atoms with Crippen molar-refractivity contribution in [3.05, 3.63) is 54.1 Å². The first-order valence-electron chi connectivity index (χ1n) is 9.91. The Morgan fingerprint density at radius 2 is 1.97 bits per heavy atom. The number of rotatable bonds is 5. The maximum Gasteiger partial charge on any atom is 0.414 e. The van der Waals surface area contributed by atoms with Gasteiger partial charge >= 0.3 is 6.09 Å². The zero-order valence-electron chi connectivity index (χ0n) is 16.8. The van der Waals surface area contributed by atoms with Crippen LogP contribution in [-0.4, -0.2) is 48.9 Å². The number of nitrogens with zero attached hydrogens (tertiary/aromatic N) is 2. The van der Waals surface area contributed by atoms with Crippen molar-refractivity contribution in [3.63, 3.8) is 0 Å². The first-order valence-corrected chi connectivity index (χ1v) is 10.8. The summed E-state index contributed by atoms with van der Waals surface area (Å²) in [6.45, 7) is 5.03. The van der Waals surface area contributed by atoms with E-state index in [9.17, 15) is 14.4 Å². The number of thioether (sulfide) groups is 1. The Labute approximate surface area is 179 Å². The summed E-state index contributed by atoms with van der Waals surface area (Å²) in [6.07, 6.45) is -0.868. The number of carbonyl (C=O) groups is 3. The van der Waals surface area contributed by atoms with Crippen LogP contribution in [0, 0.1) is 0 Å². The smallest absolute Gasteiger partial charge is 0.414 e. The van der Waals surface area contributed by atoms with E-state index in [0.29, 0.717) is 18.7 Å². The molecule has 1 N–H and O–H groups in total. The van der Waals surface area contributed by atoms with Crippen LogP contribution in [0.2, 0.25) is 0 Å². The van der Waals surface area contributed by atoms with E-state index in [1.54, 1.807) is 34.1 Å². The Hall–Kier alpha value is -3.00. The van der Waals surface area contributed by atoms with Gasteiger partial charge in [-0.15, -0.1) is 11.8 Å². The van der Waals surface area contributed by atoms with Crippen LogP contribution in [-0.2, 0) is 9.53 Å². The molecule has 4 rings (SSSR count). The van der Waals surface area contributed by atoms with Crippen LogP contribution in [0.3, 0.4) is 0 Å². The third kappa shape index (κ3) is 3.87. The highest BCUT2D eigenvalue weighted by atomic mass is 32.2. The molecule has 2 unspecified atom stereocenters. The van der Waals surface area contributed by atoms with Gasteiger partial charge in [0.25, 0.3) is 5.91 Å². The van der Waals surface area contributed by atoms with Gasteiger partial charge in [0.2, 0.25) is 5.91 Å². The molecule has 2 aromatic carbocycles. The fraction of sp³-hybridized carbons (Fsp3) is 0.318. The van der Waals surface area contributed by atoms with E-state index in [2.05, 4.69) is 5.32 Å². The molecule has 0 bridgehead atoms. The second-order valence-electron chi connectivity index (χ2n) is 7.19. The highest BCUT2D eigenvalue weighted by Crippen LogP contribution is 2.41. The quantitative estimate of drug-likeness (QED) is 0.795. The van der Waals surface area contributed by atoms with E-state index in [4.69, 9.17) is 4.74 Å². The molecule has 0 aromatic heterocycles. The van der Waals surface area contributed by atoms with Gasteiger partial charge in [0.1, 0.15) is 6.10 Å². The van der Waals surface area contributed by atoms with Gasteiger partial charge in [-0.25, -0.2) is 4.79 Å². The predicted octanol–water partition coefficient (Wildman–Crippen LogP) is 3.29. The minimum absolute atomic E-state index is 0.0950. The molecule has 0 spiro atoms. The average molecular weight is 426 g/mol. The van der Waals surface area contributed by atoms with Gasteiger partial charge in [-0.3, -0.25) is 14.5 Å². The first kappa shape index (κ1) is 20.3. The monoisotopic (exact) mass is 425 g/mol. The van der Waals surface area contributed by atoms with Gasteiger partial charge in [0, 0.05) is 22.7 Å². The van der Waals surface area contributed by atoms with E-state index in [1.165, 1.54) is 11.8 Å². The van der Waals surface area contributed by atoms with Crippen molar-refractivity contribution in [3.8, 4) is 0 Å². The summed E-state index contributed by atoms with van der Waals surface area (Å²) in [4.78, 5) is 41.3. The molecule has 3 amide bonds. The molecule has 7 nitrogen and oxygen atoms in total. The summed E-state index contributed by atoms with van der Waals surface area (Å²) in [5, 5.41) is 2.65. The lowest BCUT2D eigenvalue weighted by molar-refractivity contribution is -0.117. The van der Waals surface area contributed by atoms with Crippen molar-refractivity contribution < 1.29 is 19.1 Å². The summed E-state index contributed by atoms with van der Waals surface area (Å²) in [5.74, 6) is -0.105. The van der Waals surface area contributed by atoms with Crippen LogP contribution >= 0.6 is 11.8 Å². The summed E-state index contributed by atoms with van der Waals surface area (Å²) in [7, 11) is 0. The fourth-order valence-electron chi connectivity index (χ4n) is 3.63. The first-order chi connectivity index (χ1) is 14.5. The van der Waals surface area contributed by atoms with Gasteiger partial charge in [-0.1, -0.05) is 18.2 Å². The average Bonchev–Trinajstić information content (AvgIpc) is 3.14. The van der Waals surface area contributed by atoms with E-state index < -0.39 is 12.2 Å². The summed E-state index contributed by atoms with van der Waals surface area (Å²) >= 11 is 1.50. The van der Waals surface area contributed by atoms with Crippen molar-refractivity contribution in [1.29, 1.82) is 0 Å². The van der Waals surface area contributed by atoms with Crippen LogP contribution in [0.25, 0.3) is 0 Å². The van der Waals surface area contributed by atoms with Crippen molar-refractivity contribution in [2.75, 3.05) is 29.4 Å². The molecule has 1 fully saturated rings. The Morgan fingerprint density at radius 3 is 2.70 bits per heavy atom. The van der Waals surface area contributed by atoms with E-state index in [1.807, 2.05) is 38.1 Å². The standard InChI is InChI=1S/C22H23N3O4S/c1-3-24-18-10-9-16(11-19(18)30-14(2)21(24)27)25-13-17(29-22(25)28)12-23-20(26)15-7-5-4-6-8-15/h4-11,14,17H,3,12-13H2,1-2H3,(H,23,26). The predicted molar refractivity (Wildman–Crippen MR) is 116 cm³/mol. The molecule has 2 aliphatic heterocycles. The number of cyclic esters (lactones) is 1. The molecule has 2 heterocycles. The summed E-state index contributed by atoms with van der Waals surface area (Å²) < 4.78 is 5.44. The molecule has 156 valence electrons. The Bertz CT molecular complexity index is 982.